The van der Waals surface area contributed by atoms with Crippen LogP contribution in [0.4, 0.5) is 0 Å². The zero-order chi connectivity index (χ0) is 13.5. The molecule has 0 spiro atoms. The van der Waals surface area contributed by atoms with Gasteiger partial charge in [-0.05, 0) is 48.7 Å². The molecule has 19 heavy (non-hydrogen) atoms. The lowest BCUT2D eigenvalue weighted by atomic mass is 10.0. The van der Waals surface area contributed by atoms with E-state index >= 15 is 0 Å². The lowest BCUT2D eigenvalue weighted by molar-refractivity contribution is 0.528. The van der Waals surface area contributed by atoms with Crippen LogP contribution in [0.3, 0.4) is 0 Å². The zero-order valence-corrected chi connectivity index (χ0v) is 11.8. The molecule has 0 aromatic carbocycles. The smallest absolute Gasteiger partial charge is 0.0622 e. The number of aromatic nitrogens is 2. The van der Waals surface area contributed by atoms with E-state index in [2.05, 4.69) is 22.2 Å². The highest BCUT2D eigenvalue weighted by Gasteiger charge is 2.13. The highest BCUT2D eigenvalue weighted by Crippen LogP contribution is 2.22. The first-order chi connectivity index (χ1) is 9.31. The Morgan fingerprint density at radius 3 is 2.58 bits per heavy atom. The quantitative estimate of drug-likeness (QED) is 0.878. The molecule has 1 N–H and O–H groups in total. The fourth-order valence-electron chi connectivity index (χ4n) is 2.01. The van der Waals surface area contributed by atoms with Gasteiger partial charge in [-0.15, -0.1) is 0 Å². The molecule has 3 nitrogen and oxygen atoms in total. The normalized spacial score (nSPS) is 12.3. The van der Waals surface area contributed by atoms with Crippen LogP contribution in [-0.4, -0.2) is 16.5 Å². The van der Waals surface area contributed by atoms with E-state index in [1.807, 2.05) is 30.6 Å². The van der Waals surface area contributed by atoms with Crippen LogP contribution in [0.15, 0.2) is 43.0 Å². The minimum Gasteiger partial charge on any atom is -0.310 e. The van der Waals surface area contributed by atoms with Crippen LogP contribution in [0, 0.1) is 0 Å². The summed E-state index contributed by atoms with van der Waals surface area (Å²) in [6, 6.07) is 6.32. The second kappa shape index (κ2) is 7.22. The molecule has 0 aliphatic rings. The summed E-state index contributed by atoms with van der Waals surface area (Å²) in [4.78, 5) is 8.09. The summed E-state index contributed by atoms with van der Waals surface area (Å²) in [5.74, 6) is 0. The number of pyridine rings is 2. The Kier molecular flexibility index (Phi) is 5.31. The van der Waals surface area contributed by atoms with Gasteiger partial charge >= 0.3 is 0 Å². The topological polar surface area (TPSA) is 37.8 Å². The lowest BCUT2D eigenvalue weighted by Crippen LogP contribution is -2.24. The summed E-state index contributed by atoms with van der Waals surface area (Å²) in [5.41, 5.74) is 2.35. The van der Waals surface area contributed by atoms with Gasteiger partial charge in [0.15, 0.2) is 0 Å². The monoisotopic (exact) mass is 275 g/mol. The second-order valence-electron chi connectivity index (χ2n) is 4.46. The zero-order valence-electron chi connectivity index (χ0n) is 11.0. The maximum Gasteiger partial charge on any atom is 0.0622 e. The molecule has 0 aliphatic heterocycles. The molecule has 2 aromatic rings. The molecule has 0 saturated carbocycles. The second-order valence-corrected chi connectivity index (χ2v) is 4.87. The number of hydrogen-bond donors (Lipinski definition) is 1. The van der Waals surface area contributed by atoms with Gasteiger partial charge in [0.2, 0.25) is 0 Å². The van der Waals surface area contributed by atoms with Crippen LogP contribution in [0.2, 0.25) is 5.02 Å². The van der Waals surface area contributed by atoms with Crippen molar-refractivity contribution in [1.82, 2.24) is 15.3 Å². The summed E-state index contributed by atoms with van der Waals surface area (Å²) in [6.07, 6.45) is 9.08. The van der Waals surface area contributed by atoms with Gasteiger partial charge in [0.25, 0.3) is 0 Å². The highest BCUT2D eigenvalue weighted by molar-refractivity contribution is 6.31. The minimum absolute atomic E-state index is 0.253. The van der Waals surface area contributed by atoms with E-state index in [0.29, 0.717) is 0 Å². The Labute approximate surface area is 119 Å². The molecule has 2 aromatic heterocycles. The van der Waals surface area contributed by atoms with E-state index in [-0.39, 0.29) is 6.04 Å². The lowest BCUT2D eigenvalue weighted by Gasteiger charge is -2.19. The van der Waals surface area contributed by atoms with Crippen LogP contribution in [0.5, 0.6) is 0 Å². The number of nitrogens with one attached hydrogen (secondary N) is 1. The van der Waals surface area contributed by atoms with Crippen molar-refractivity contribution >= 4 is 11.6 Å². The van der Waals surface area contributed by atoms with Crippen LogP contribution < -0.4 is 5.32 Å². The Morgan fingerprint density at radius 2 is 1.89 bits per heavy atom. The van der Waals surface area contributed by atoms with Crippen molar-refractivity contribution in [2.45, 2.75) is 25.8 Å². The fourth-order valence-corrected chi connectivity index (χ4v) is 2.21. The van der Waals surface area contributed by atoms with Gasteiger partial charge in [-0.25, -0.2) is 0 Å². The molecule has 0 fully saturated rings. The molecule has 2 rings (SSSR count). The van der Waals surface area contributed by atoms with Crippen LogP contribution in [0.25, 0.3) is 0 Å². The van der Waals surface area contributed by atoms with Gasteiger partial charge in [0.05, 0.1) is 5.02 Å². The van der Waals surface area contributed by atoms with E-state index in [4.69, 9.17) is 11.6 Å². The Morgan fingerprint density at radius 1 is 1.16 bits per heavy atom. The van der Waals surface area contributed by atoms with Gasteiger partial charge in [-0.3, -0.25) is 9.97 Å². The molecule has 1 unspecified atom stereocenters. The van der Waals surface area contributed by atoms with Crippen molar-refractivity contribution in [1.29, 1.82) is 0 Å². The van der Waals surface area contributed by atoms with Crippen LogP contribution >= 0.6 is 11.6 Å². The third-order valence-electron chi connectivity index (χ3n) is 3.03. The van der Waals surface area contributed by atoms with E-state index in [9.17, 15) is 0 Å². The van der Waals surface area contributed by atoms with E-state index < -0.39 is 0 Å². The predicted octanol–water partition coefficient (Wildman–Crippen LogP) is 3.41. The number of nitrogens with zero attached hydrogens (tertiary/aromatic N) is 2. The third-order valence-corrected chi connectivity index (χ3v) is 3.37. The Bertz CT molecular complexity index is 502. The Hall–Kier alpha value is -1.45. The van der Waals surface area contributed by atoms with Crippen molar-refractivity contribution in [3.63, 3.8) is 0 Å². The van der Waals surface area contributed by atoms with Crippen molar-refractivity contribution in [3.05, 3.63) is 59.1 Å². The van der Waals surface area contributed by atoms with Gasteiger partial charge in [0, 0.05) is 30.8 Å². The molecule has 0 aliphatic carbocycles. The van der Waals surface area contributed by atoms with Crippen molar-refractivity contribution < 1.29 is 0 Å². The van der Waals surface area contributed by atoms with Gasteiger partial charge in [-0.2, -0.15) is 0 Å². The molecule has 4 heteroatoms. The largest absolute Gasteiger partial charge is 0.310 e. The van der Waals surface area contributed by atoms with Gasteiger partial charge in [0.1, 0.15) is 0 Å². The fraction of sp³-hybridized carbons (Fsp3) is 0.333. The maximum atomic E-state index is 6.19. The molecule has 0 radical (unpaired) electrons. The molecule has 2 heterocycles. The van der Waals surface area contributed by atoms with Crippen molar-refractivity contribution in [3.8, 4) is 0 Å². The number of rotatable bonds is 6. The summed E-state index contributed by atoms with van der Waals surface area (Å²) < 4.78 is 0. The maximum absolute atomic E-state index is 6.19. The summed E-state index contributed by atoms with van der Waals surface area (Å²) in [6.45, 7) is 3.14. The van der Waals surface area contributed by atoms with Gasteiger partial charge in [-0.1, -0.05) is 18.5 Å². The molecular weight excluding hydrogens is 258 g/mol. The molecule has 100 valence electrons. The first-order valence-electron chi connectivity index (χ1n) is 6.53. The number of halogens is 1. The van der Waals surface area contributed by atoms with Crippen molar-refractivity contribution in [2.24, 2.45) is 0 Å². The number of hydrogen-bond acceptors (Lipinski definition) is 3. The SMILES string of the molecule is CCCNC(Cc1ccncc1Cl)c1ccncc1. The first-order valence-corrected chi connectivity index (χ1v) is 6.90. The molecular formula is C15H18ClN3. The standard InChI is InChI=1S/C15H18ClN3/c1-2-6-19-15(12-3-7-17-8-4-12)10-13-5-9-18-11-14(13)16/h3-5,7-9,11,15,19H,2,6,10H2,1H3. The van der Waals surface area contributed by atoms with E-state index in [0.717, 1.165) is 30.0 Å². The summed E-state index contributed by atoms with van der Waals surface area (Å²) in [5, 5.41) is 4.28. The predicted molar refractivity (Wildman–Crippen MR) is 78.2 cm³/mol. The summed E-state index contributed by atoms with van der Waals surface area (Å²) in [7, 11) is 0. The Balaban J connectivity index is 2.17. The molecule has 0 amide bonds. The average Bonchev–Trinajstić information content (AvgIpc) is 2.46. The van der Waals surface area contributed by atoms with Crippen LogP contribution in [0.1, 0.15) is 30.5 Å². The first kappa shape index (κ1) is 14.0. The third kappa shape index (κ3) is 4.01. The molecule has 1 atom stereocenters. The summed E-state index contributed by atoms with van der Waals surface area (Å²) >= 11 is 6.19. The van der Waals surface area contributed by atoms with E-state index in [1.165, 1.54) is 5.56 Å². The van der Waals surface area contributed by atoms with E-state index in [1.54, 1.807) is 12.4 Å². The van der Waals surface area contributed by atoms with Crippen LogP contribution in [-0.2, 0) is 6.42 Å². The van der Waals surface area contributed by atoms with Crippen molar-refractivity contribution in [2.75, 3.05) is 6.54 Å². The minimum atomic E-state index is 0.253. The highest BCUT2D eigenvalue weighted by atomic mass is 35.5. The average molecular weight is 276 g/mol. The molecule has 0 saturated heterocycles. The molecule has 0 bridgehead atoms. The van der Waals surface area contributed by atoms with Gasteiger partial charge < -0.3 is 5.32 Å².